The highest BCUT2D eigenvalue weighted by Gasteiger charge is 2.21. The Labute approximate surface area is 130 Å². The fourth-order valence-corrected chi connectivity index (χ4v) is 2.17. The topological polar surface area (TPSA) is 97.5 Å². The molecule has 0 amide bonds. The fourth-order valence-electron chi connectivity index (χ4n) is 1.98. The predicted octanol–water partition coefficient (Wildman–Crippen LogP) is 3.49. The van der Waals surface area contributed by atoms with Crippen molar-refractivity contribution in [2.24, 2.45) is 0 Å². The van der Waals surface area contributed by atoms with Crippen molar-refractivity contribution >= 4 is 29.0 Å². The number of carbonyl (C=O) groups excluding carboxylic acids is 1. The predicted molar refractivity (Wildman–Crippen MR) is 79.7 cm³/mol. The van der Waals surface area contributed by atoms with E-state index in [2.05, 4.69) is 0 Å². The number of hydrogen-bond donors (Lipinski definition) is 1. The SMILES string of the molecule is Cc1ccc(C(=O)O)c(C(=O)c2ccc(Cl)c([N+](=O)[O-])c2)c1. The normalized spacial score (nSPS) is 10.3. The van der Waals surface area contributed by atoms with Gasteiger partial charge in [-0.25, -0.2) is 4.79 Å². The zero-order chi connectivity index (χ0) is 16.4. The molecule has 0 aromatic heterocycles. The highest BCUT2D eigenvalue weighted by Crippen LogP contribution is 2.27. The summed E-state index contributed by atoms with van der Waals surface area (Å²) in [6.45, 7) is 1.72. The lowest BCUT2D eigenvalue weighted by atomic mass is 9.96. The number of aromatic carboxylic acids is 1. The molecule has 7 heteroatoms. The summed E-state index contributed by atoms with van der Waals surface area (Å²) >= 11 is 5.70. The van der Waals surface area contributed by atoms with Gasteiger partial charge < -0.3 is 5.11 Å². The molecule has 0 unspecified atom stereocenters. The molecule has 0 saturated carbocycles. The number of rotatable bonds is 4. The third-order valence-corrected chi connectivity index (χ3v) is 3.37. The molecule has 0 saturated heterocycles. The van der Waals surface area contributed by atoms with Gasteiger partial charge in [0.2, 0.25) is 0 Å². The molecular formula is C15H10ClNO5. The summed E-state index contributed by atoms with van der Waals surface area (Å²) in [7, 11) is 0. The molecule has 2 rings (SSSR count). The van der Waals surface area contributed by atoms with Gasteiger partial charge in [0.05, 0.1) is 10.5 Å². The Morgan fingerprint density at radius 2 is 1.82 bits per heavy atom. The van der Waals surface area contributed by atoms with Gasteiger partial charge in [0, 0.05) is 17.2 Å². The second-order valence-corrected chi connectivity index (χ2v) is 5.01. The Hall–Kier alpha value is -2.73. The van der Waals surface area contributed by atoms with Crippen molar-refractivity contribution in [1.29, 1.82) is 0 Å². The first-order valence-corrected chi connectivity index (χ1v) is 6.51. The van der Waals surface area contributed by atoms with E-state index in [1.807, 2.05) is 0 Å². The zero-order valence-corrected chi connectivity index (χ0v) is 12.1. The molecule has 0 fully saturated rings. The van der Waals surface area contributed by atoms with E-state index in [9.17, 15) is 19.7 Å². The summed E-state index contributed by atoms with van der Waals surface area (Å²) in [6, 6.07) is 7.94. The maximum Gasteiger partial charge on any atom is 0.336 e. The fraction of sp³-hybridized carbons (Fsp3) is 0.0667. The maximum absolute atomic E-state index is 12.5. The molecule has 0 bridgehead atoms. The summed E-state index contributed by atoms with van der Waals surface area (Å²) in [5.41, 5.74) is 0.121. The number of nitro benzene ring substituents is 1. The Kier molecular flexibility index (Phi) is 4.23. The molecular weight excluding hydrogens is 310 g/mol. The highest BCUT2D eigenvalue weighted by molar-refractivity contribution is 6.32. The number of carbonyl (C=O) groups is 2. The van der Waals surface area contributed by atoms with Crippen LogP contribution in [0.25, 0.3) is 0 Å². The number of carboxylic acid groups (broad SMARTS) is 1. The lowest BCUT2D eigenvalue weighted by molar-refractivity contribution is -0.384. The second kappa shape index (κ2) is 5.95. The van der Waals surface area contributed by atoms with Crippen molar-refractivity contribution in [3.63, 3.8) is 0 Å². The van der Waals surface area contributed by atoms with E-state index < -0.39 is 22.4 Å². The van der Waals surface area contributed by atoms with Gasteiger partial charge in [0.1, 0.15) is 5.02 Å². The van der Waals surface area contributed by atoms with Crippen LogP contribution in [-0.4, -0.2) is 21.8 Å². The summed E-state index contributed by atoms with van der Waals surface area (Å²) in [5, 5.41) is 19.9. The first-order valence-electron chi connectivity index (χ1n) is 6.14. The van der Waals surface area contributed by atoms with Crippen LogP contribution in [0.1, 0.15) is 31.8 Å². The first-order chi connectivity index (χ1) is 10.3. The molecule has 2 aromatic carbocycles. The van der Waals surface area contributed by atoms with E-state index in [-0.39, 0.29) is 21.7 Å². The number of carboxylic acids is 1. The number of nitrogens with zero attached hydrogens (tertiary/aromatic N) is 1. The van der Waals surface area contributed by atoms with Crippen LogP contribution in [0.5, 0.6) is 0 Å². The first kappa shape index (κ1) is 15.7. The van der Waals surface area contributed by atoms with Gasteiger partial charge in [-0.05, 0) is 31.2 Å². The van der Waals surface area contributed by atoms with Crippen LogP contribution in [0, 0.1) is 17.0 Å². The van der Waals surface area contributed by atoms with Crippen molar-refractivity contribution in [3.8, 4) is 0 Å². The van der Waals surface area contributed by atoms with Crippen LogP contribution in [0.15, 0.2) is 36.4 Å². The van der Waals surface area contributed by atoms with Crippen LogP contribution in [0.4, 0.5) is 5.69 Å². The van der Waals surface area contributed by atoms with E-state index in [0.717, 1.165) is 6.07 Å². The molecule has 0 aliphatic carbocycles. The second-order valence-electron chi connectivity index (χ2n) is 4.61. The average molecular weight is 320 g/mol. The van der Waals surface area contributed by atoms with Crippen molar-refractivity contribution in [2.75, 3.05) is 0 Å². The van der Waals surface area contributed by atoms with Gasteiger partial charge in [-0.15, -0.1) is 0 Å². The number of aryl methyl sites for hydroxylation is 1. The lowest BCUT2D eigenvalue weighted by Crippen LogP contribution is -2.10. The molecule has 0 aliphatic rings. The number of nitro groups is 1. The Bertz CT molecular complexity index is 801. The van der Waals surface area contributed by atoms with Gasteiger partial charge in [-0.3, -0.25) is 14.9 Å². The Morgan fingerprint density at radius 3 is 2.41 bits per heavy atom. The number of halogens is 1. The number of hydrogen-bond acceptors (Lipinski definition) is 4. The van der Waals surface area contributed by atoms with Crippen LogP contribution >= 0.6 is 11.6 Å². The van der Waals surface area contributed by atoms with Crippen molar-refractivity contribution in [3.05, 3.63) is 73.8 Å². The molecule has 2 aromatic rings. The Morgan fingerprint density at radius 1 is 1.14 bits per heavy atom. The van der Waals surface area contributed by atoms with E-state index >= 15 is 0 Å². The molecule has 0 aliphatic heterocycles. The van der Waals surface area contributed by atoms with Gasteiger partial charge in [-0.2, -0.15) is 0 Å². The number of benzene rings is 2. The minimum Gasteiger partial charge on any atom is -0.478 e. The zero-order valence-electron chi connectivity index (χ0n) is 11.4. The van der Waals surface area contributed by atoms with E-state index in [1.54, 1.807) is 13.0 Å². The molecule has 22 heavy (non-hydrogen) atoms. The number of ketones is 1. The molecule has 112 valence electrons. The van der Waals surface area contributed by atoms with Gasteiger partial charge in [0.25, 0.3) is 5.69 Å². The maximum atomic E-state index is 12.5. The minimum atomic E-state index is -1.24. The summed E-state index contributed by atoms with van der Waals surface area (Å²) in [5.74, 6) is -1.85. The molecule has 0 heterocycles. The summed E-state index contributed by atoms with van der Waals surface area (Å²) in [4.78, 5) is 33.9. The average Bonchev–Trinajstić information content (AvgIpc) is 2.46. The van der Waals surface area contributed by atoms with Gasteiger partial charge in [0.15, 0.2) is 5.78 Å². The quantitative estimate of drug-likeness (QED) is 0.528. The minimum absolute atomic E-state index is 0.00389. The standard InChI is InChI=1S/C15H10ClNO5/c1-8-2-4-10(15(19)20)11(6-8)14(18)9-3-5-12(16)13(7-9)17(21)22/h2-7H,1H3,(H,19,20). The van der Waals surface area contributed by atoms with E-state index in [4.69, 9.17) is 16.7 Å². The van der Waals surface area contributed by atoms with Crippen LogP contribution in [0.3, 0.4) is 0 Å². The largest absolute Gasteiger partial charge is 0.478 e. The smallest absolute Gasteiger partial charge is 0.336 e. The van der Waals surface area contributed by atoms with Gasteiger partial charge in [-0.1, -0.05) is 23.2 Å². The third-order valence-electron chi connectivity index (χ3n) is 3.06. The van der Waals surface area contributed by atoms with Crippen molar-refractivity contribution < 1.29 is 19.6 Å². The monoisotopic (exact) mass is 319 g/mol. The van der Waals surface area contributed by atoms with Crippen LogP contribution in [-0.2, 0) is 0 Å². The Balaban J connectivity index is 2.58. The lowest BCUT2D eigenvalue weighted by Gasteiger charge is -2.07. The highest BCUT2D eigenvalue weighted by atomic mass is 35.5. The third kappa shape index (κ3) is 2.96. The van der Waals surface area contributed by atoms with E-state index in [1.165, 1.54) is 24.3 Å². The van der Waals surface area contributed by atoms with Crippen molar-refractivity contribution in [1.82, 2.24) is 0 Å². The van der Waals surface area contributed by atoms with Crippen LogP contribution < -0.4 is 0 Å². The van der Waals surface area contributed by atoms with E-state index in [0.29, 0.717) is 5.56 Å². The molecule has 0 radical (unpaired) electrons. The van der Waals surface area contributed by atoms with Crippen LogP contribution in [0.2, 0.25) is 5.02 Å². The van der Waals surface area contributed by atoms with Crippen molar-refractivity contribution in [2.45, 2.75) is 6.92 Å². The summed E-state index contributed by atoms with van der Waals surface area (Å²) < 4.78 is 0. The van der Waals surface area contributed by atoms with Gasteiger partial charge >= 0.3 is 5.97 Å². The molecule has 1 N–H and O–H groups in total. The summed E-state index contributed by atoms with van der Waals surface area (Å²) in [6.07, 6.45) is 0. The molecule has 0 atom stereocenters. The molecule has 6 nitrogen and oxygen atoms in total. The molecule has 0 spiro atoms.